The van der Waals surface area contributed by atoms with Gasteiger partial charge >= 0.3 is 0 Å². The number of nitrogens with zero attached hydrogens (tertiary/aromatic N) is 5. The van der Waals surface area contributed by atoms with Gasteiger partial charge in [-0.3, -0.25) is 4.98 Å². The Bertz CT molecular complexity index is 1040. The molecule has 0 radical (unpaired) electrons. The molecular formula is C21H21Cl2N5S. The van der Waals surface area contributed by atoms with Crippen LogP contribution < -0.4 is 0 Å². The molecule has 0 aliphatic rings. The predicted molar refractivity (Wildman–Crippen MR) is 120 cm³/mol. The summed E-state index contributed by atoms with van der Waals surface area (Å²) < 4.78 is 2.27. The van der Waals surface area contributed by atoms with Crippen molar-refractivity contribution in [1.82, 2.24) is 9.55 Å². The van der Waals surface area contributed by atoms with Crippen LogP contribution in [0.25, 0.3) is 10.4 Å². The summed E-state index contributed by atoms with van der Waals surface area (Å²) in [6.07, 6.45) is 3.59. The van der Waals surface area contributed by atoms with Crippen molar-refractivity contribution in [2.24, 2.45) is 5.11 Å². The summed E-state index contributed by atoms with van der Waals surface area (Å²) in [4.78, 5) is 8.05. The highest BCUT2D eigenvalue weighted by molar-refractivity contribution is 7.99. The molecule has 0 saturated heterocycles. The predicted octanol–water partition coefficient (Wildman–Crippen LogP) is 7.63. The van der Waals surface area contributed by atoms with Crippen molar-refractivity contribution in [1.29, 1.82) is 0 Å². The van der Waals surface area contributed by atoms with Crippen LogP contribution in [0.3, 0.4) is 0 Å². The Labute approximate surface area is 184 Å². The highest BCUT2D eigenvalue weighted by Gasteiger charge is 2.23. The van der Waals surface area contributed by atoms with Crippen molar-refractivity contribution in [3.8, 4) is 0 Å². The second kappa shape index (κ2) is 9.59. The quantitative estimate of drug-likeness (QED) is 0.213. The molecule has 0 fully saturated rings. The molecule has 0 bridgehead atoms. The molecule has 0 spiro atoms. The van der Waals surface area contributed by atoms with E-state index >= 15 is 0 Å². The maximum atomic E-state index is 8.87. The van der Waals surface area contributed by atoms with Crippen LogP contribution in [0.15, 0.2) is 57.8 Å². The molecule has 0 N–H and O–H groups in total. The van der Waals surface area contributed by atoms with Crippen LogP contribution >= 0.6 is 35.0 Å². The zero-order valence-electron chi connectivity index (χ0n) is 16.4. The summed E-state index contributed by atoms with van der Waals surface area (Å²) in [6, 6.07) is 9.56. The third kappa shape index (κ3) is 5.09. The highest BCUT2D eigenvalue weighted by Crippen LogP contribution is 2.41. The molecule has 0 unspecified atom stereocenters. The summed E-state index contributed by atoms with van der Waals surface area (Å²) in [5.74, 6) is 0.258. The van der Waals surface area contributed by atoms with Gasteiger partial charge in [0, 0.05) is 44.5 Å². The maximum Gasteiger partial charge on any atom is 0.0839 e. The monoisotopic (exact) mass is 445 g/mol. The van der Waals surface area contributed by atoms with Crippen LogP contribution in [0.4, 0.5) is 0 Å². The number of benzene rings is 1. The van der Waals surface area contributed by atoms with E-state index in [-0.39, 0.29) is 5.92 Å². The van der Waals surface area contributed by atoms with Crippen molar-refractivity contribution in [3.05, 3.63) is 85.6 Å². The second-order valence-electron chi connectivity index (χ2n) is 6.98. The first-order valence-corrected chi connectivity index (χ1v) is 10.7. The Morgan fingerprint density at radius 1 is 1.17 bits per heavy atom. The van der Waals surface area contributed by atoms with Crippen LogP contribution in [-0.2, 0) is 13.1 Å². The fourth-order valence-electron chi connectivity index (χ4n) is 3.35. The van der Waals surface area contributed by atoms with Crippen molar-refractivity contribution < 1.29 is 0 Å². The van der Waals surface area contributed by atoms with Crippen LogP contribution in [0, 0.1) is 6.92 Å². The van der Waals surface area contributed by atoms with E-state index in [2.05, 4.69) is 40.3 Å². The fourth-order valence-corrected chi connectivity index (χ4v) is 5.38. The Hall–Kier alpha value is -2.11. The normalized spacial score (nSPS) is 11.0. The number of azide groups is 1. The molecule has 0 atom stereocenters. The average Bonchev–Trinajstić information content (AvgIpc) is 2.92. The van der Waals surface area contributed by atoms with Gasteiger partial charge in [-0.25, -0.2) is 0 Å². The Balaban J connectivity index is 2.17. The van der Waals surface area contributed by atoms with Crippen molar-refractivity contribution in [2.45, 2.75) is 49.7 Å². The van der Waals surface area contributed by atoms with E-state index in [4.69, 9.17) is 28.7 Å². The molecule has 2 aromatic heterocycles. The molecule has 0 aliphatic heterocycles. The first-order valence-electron chi connectivity index (χ1n) is 9.16. The SMILES string of the molecule is Cc1c(CN=[N+]=[N-])c(C(C)C)c(Sc2cc(Cl)cc(Cl)c2)n1Cc1ccncc1. The van der Waals surface area contributed by atoms with E-state index in [1.165, 1.54) is 5.56 Å². The molecule has 0 amide bonds. The Kier molecular flexibility index (Phi) is 7.14. The first-order chi connectivity index (χ1) is 13.9. The van der Waals surface area contributed by atoms with Gasteiger partial charge in [-0.05, 0) is 65.4 Å². The smallest absolute Gasteiger partial charge is 0.0839 e. The Morgan fingerprint density at radius 3 is 2.41 bits per heavy atom. The molecule has 5 nitrogen and oxygen atoms in total. The third-order valence-corrected chi connectivity index (χ3v) is 6.19. The van der Waals surface area contributed by atoms with Crippen LogP contribution in [0.1, 0.15) is 42.1 Å². The fraction of sp³-hybridized carbons (Fsp3) is 0.286. The van der Waals surface area contributed by atoms with Gasteiger partial charge in [0.25, 0.3) is 0 Å². The van der Waals surface area contributed by atoms with E-state index in [1.54, 1.807) is 30.2 Å². The number of rotatable bonds is 7. The van der Waals surface area contributed by atoms with Gasteiger partial charge in [-0.15, -0.1) is 0 Å². The zero-order valence-corrected chi connectivity index (χ0v) is 18.8. The molecule has 1 aromatic carbocycles. The molecular weight excluding hydrogens is 425 g/mol. The average molecular weight is 446 g/mol. The van der Waals surface area contributed by atoms with E-state index < -0.39 is 0 Å². The minimum Gasteiger partial charge on any atom is -0.335 e. The summed E-state index contributed by atoms with van der Waals surface area (Å²) in [7, 11) is 0. The number of pyridine rings is 1. The van der Waals surface area contributed by atoms with Crippen LogP contribution in [-0.4, -0.2) is 9.55 Å². The maximum absolute atomic E-state index is 8.87. The molecule has 0 saturated carbocycles. The summed E-state index contributed by atoms with van der Waals surface area (Å²) in [6.45, 7) is 7.40. The topological polar surface area (TPSA) is 66.6 Å². The van der Waals surface area contributed by atoms with Gasteiger partial charge in [0.2, 0.25) is 0 Å². The van der Waals surface area contributed by atoms with Gasteiger partial charge in [0.1, 0.15) is 0 Å². The van der Waals surface area contributed by atoms with Crippen LogP contribution in [0.2, 0.25) is 10.0 Å². The van der Waals surface area contributed by atoms with Crippen molar-refractivity contribution in [2.75, 3.05) is 0 Å². The summed E-state index contributed by atoms with van der Waals surface area (Å²) in [5, 5.41) is 6.16. The van der Waals surface area contributed by atoms with Gasteiger partial charge in [0.15, 0.2) is 0 Å². The van der Waals surface area contributed by atoms with E-state index in [0.717, 1.165) is 26.7 Å². The van der Waals surface area contributed by atoms with E-state index in [9.17, 15) is 0 Å². The lowest BCUT2D eigenvalue weighted by Gasteiger charge is -2.15. The second-order valence-corrected chi connectivity index (χ2v) is 8.91. The Morgan fingerprint density at radius 2 is 1.83 bits per heavy atom. The van der Waals surface area contributed by atoms with Gasteiger partial charge < -0.3 is 4.57 Å². The van der Waals surface area contributed by atoms with E-state index in [0.29, 0.717) is 23.1 Å². The van der Waals surface area contributed by atoms with Gasteiger partial charge in [0.05, 0.1) is 11.6 Å². The summed E-state index contributed by atoms with van der Waals surface area (Å²) >= 11 is 14.1. The largest absolute Gasteiger partial charge is 0.335 e. The highest BCUT2D eigenvalue weighted by atomic mass is 35.5. The van der Waals surface area contributed by atoms with Gasteiger partial charge in [-0.2, -0.15) is 0 Å². The lowest BCUT2D eigenvalue weighted by Crippen LogP contribution is -2.04. The van der Waals surface area contributed by atoms with E-state index in [1.807, 2.05) is 24.3 Å². The minimum atomic E-state index is 0.258. The van der Waals surface area contributed by atoms with Gasteiger partial charge in [-0.1, -0.05) is 53.9 Å². The lowest BCUT2D eigenvalue weighted by atomic mass is 10.0. The lowest BCUT2D eigenvalue weighted by molar-refractivity contribution is 0.689. The molecule has 0 aliphatic carbocycles. The summed E-state index contributed by atoms with van der Waals surface area (Å²) in [5.41, 5.74) is 13.4. The first kappa shape index (κ1) is 21.6. The number of halogens is 2. The molecule has 8 heteroatoms. The van der Waals surface area contributed by atoms with Crippen molar-refractivity contribution in [3.63, 3.8) is 0 Å². The minimum absolute atomic E-state index is 0.258. The van der Waals surface area contributed by atoms with Crippen LogP contribution in [0.5, 0.6) is 0 Å². The molecule has 2 heterocycles. The van der Waals surface area contributed by atoms with Crippen molar-refractivity contribution >= 4 is 35.0 Å². The standard InChI is InChI=1S/C21H21Cl2N5S/c1-13(2)20-19(11-26-27-24)14(3)28(12-15-4-6-25-7-5-15)21(20)29-18-9-16(22)8-17(23)10-18/h4-10,13H,11-12H2,1-3H3. The molecule has 3 aromatic rings. The number of hydrogen-bond donors (Lipinski definition) is 0. The molecule has 29 heavy (non-hydrogen) atoms. The molecule has 3 rings (SSSR count). The molecule has 150 valence electrons. The zero-order chi connectivity index (χ0) is 21.0. The third-order valence-electron chi connectivity index (χ3n) is 4.65. The number of aromatic nitrogens is 2. The number of hydrogen-bond acceptors (Lipinski definition) is 3.